The van der Waals surface area contributed by atoms with E-state index in [0.29, 0.717) is 4.90 Å². The largest absolute Gasteiger partial charge is 0.478 e. The predicted octanol–water partition coefficient (Wildman–Crippen LogP) is 1.43. The predicted molar refractivity (Wildman–Crippen MR) is 50.5 cm³/mol. The Morgan fingerprint density at radius 2 is 2.08 bits per heavy atom. The van der Waals surface area contributed by atoms with E-state index >= 15 is 0 Å². The molecule has 13 heavy (non-hydrogen) atoms. The van der Waals surface area contributed by atoms with Gasteiger partial charge in [-0.3, -0.25) is 4.21 Å². The van der Waals surface area contributed by atoms with Gasteiger partial charge in [0.05, 0.1) is 21.3 Å². The first-order valence-electron chi connectivity index (χ1n) is 3.69. The highest BCUT2D eigenvalue weighted by Crippen LogP contribution is 2.14. The molecule has 1 atom stereocenters. The minimum absolute atomic E-state index is 0.126. The number of aromatic carboxylic acids is 1. The summed E-state index contributed by atoms with van der Waals surface area (Å²) in [6.45, 7) is 1.80. The van der Waals surface area contributed by atoms with E-state index in [2.05, 4.69) is 0 Å². The van der Waals surface area contributed by atoms with Crippen molar-refractivity contribution in [3.8, 4) is 0 Å². The smallest absolute Gasteiger partial charge is 0.336 e. The van der Waals surface area contributed by atoms with Gasteiger partial charge in [-0.25, -0.2) is 4.79 Å². The summed E-state index contributed by atoms with van der Waals surface area (Å²) in [7, 11) is -1.25. The van der Waals surface area contributed by atoms with Gasteiger partial charge in [0.2, 0.25) is 0 Å². The molecule has 0 aliphatic heterocycles. The van der Waals surface area contributed by atoms with Crippen LogP contribution in [0.3, 0.4) is 0 Å². The van der Waals surface area contributed by atoms with E-state index in [1.165, 1.54) is 12.3 Å². The van der Waals surface area contributed by atoms with Gasteiger partial charge in [-0.05, 0) is 19.1 Å². The van der Waals surface area contributed by atoms with Gasteiger partial charge in [0.25, 0.3) is 0 Å². The summed E-state index contributed by atoms with van der Waals surface area (Å²) < 4.78 is 11.1. The van der Waals surface area contributed by atoms with Crippen LogP contribution in [0.15, 0.2) is 23.1 Å². The van der Waals surface area contributed by atoms with Gasteiger partial charge in [-0.2, -0.15) is 0 Å². The molecule has 0 saturated carbocycles. The molecule has 70 valence electrons. The zero-order chi connectivity index (χ0) is 10.0. The Morgan fingerprint density at radius 1 is 1.46 bits per heavy atom. The van der Waals surface area contributed by atoms with E-state index in [0.717, 1.165) is 5.56 Å². The Labute approximate surface area is 78.9 Å². The van der Waals surface area contributed by atoms with Crippen molar-refractivity contribution in [3.05, 3.63) is 29.3 Å². The minimum atomic E-state index is -1.25. The van der Waals surface area contributed by atoms with Crippen LogP contribution in [0.5, 0.6) is 0 Å². The summed E-state index contributed by atoms with van der Waals surface area (Å²) in [6.07, 6.45) is 1.47. The molecule has 0 aromatic heterocycles. The average Bonchev–Trinajstić information content (AvgIpc) is 2.03. The summed E-state index contributed by atoms with van der Waals surface area (Å²) >= 11 is 0. The molecule has 3 nitrogen and oxygen atoms in total. The zero-order valence-corrected chi connectivity index (χ0v) is 8.22. The number of hydrogen-bond acceptors (Lipinski definition) is 2. The molecular weight excluding hydrogens is 188 g/mol. The first-order chi connectivity index (χ1) is 6.02. The quantitative estimate of drug-likeness (QED) is 0.782. The van der Waals surface area contributed by atoms with Crippen molar-refractivity contribution in [2.75, 3.05) is 6.26 Å². The maximum absolute atomic E-state index is 11.1. The molecule has 0 bridgehead atoms. The number of rotatable bonds is 2. The van der Waals surface area contributed by atoms with Gasteiger partial charge in [-0.1, -0.05) is 11.6 Å². The van der Waals surface area contributed by atoms with E-state index in [1.807, 2.05) is 0 Å². The number of carboxylic acid groups (broad SMARTS) is 1. The van der Waals surface area contributed by atoms with Crippen LogP contribution in [0.1, 0.15) is 15.9 Å². The van der Waals surface area contributed by atoms with Crippen LogP contribution in [-0.2, 0) is 10.8 Å². The van der Waals surface area contributed by atoms with Gasteiger partial charge < -0.3 is 5.11 Å². The maximum atomic E-state index is 11.1. The monoisotopic (exact) mass is 198 g/mol. The van der Waals surface area contributed by atoms with Crippen LogP contribution >= 0.6 is 0 Å². The lowest BCUT2D eigenvalue weighted by molar-refractivity contribution is 0.0693. The summed E-state index contributed by atoms with van der Waals surface area (Å²) in [6, 6.07) is 4.87. The van der Waals surface area contributed by atoms with Gasteiger partial charge in [0.1, 0.15) is 0 Å². The molecule has 1 unspecified atom stereocenters. The van der Waals surface area contributed by atoms with Crippen molar-refractivity contribution < 1.29 is 14.1 Å². The molecule has 0 fully saturated rings. The Balaban J connectivity index is 3.35. The topological polar surface area (TPSA) is 54.4 Å². The highest BCUT2D eigenvalue weighted by atomic mass is 32.2. The number of aryl methyl sites for hydroxylation is 1. The van der Waals surface area contributed by atoms with E-state index < -0.39 is 16.8 Å². The first kappa shape index (κ1) is 9.92. The van der Waals surface area contributed by atoms with Crippen molar-refractivity contribution in [2.45, 2.75) is 11.8 Å². The Bertz CT molecular complexity index is 371. The second-order valence-electron chi connectivity index (χ2n) is 2.76. The molecule has 0 saturated heterocycles. The lowest BCUT2D eigenvalue weighted by Gasteiger charge is -2.03. The summed E-state index contributed by atoms with van der Waals surface area (Å²) in [5.41, 5.74) is 0.979. The van der Waals surface area contributed by atoms with Crippen molar-refractivity contribution >= 4 is 16.8 Å². The summed E-state index contributed by atoms with van der Waals surface area (Å²) in [4.78, 5) is 11.1. The van der Waals surface area contributed by atoms with E-state index in [4.69, 9.17) is 5.11 Å². The highest BCUT2D eigenvalue weighted by Gasteiger charge is 2.12. The van der Waals surface area contributed by atoms with Crippen LogP contribution in [0.4, 0.5) is 0 Å². The Morgan fingerprint density at radius 3 is 2.54 bits per heavy atom. The third kappa shape index (κ3) is 2.15. The fourth-order valence-electron chi connectivity index (χ4n) is 1.06. The average molecular weight is 198 g/mol. The molecule has 1 aromatic carbocycles. The zero-order valence-electron chi connectivity index (χ0n) is 7.40. The standard InChI is InChI=1S/C9H10O3S/c1-6-3-4-8(13(2)12)7(5-6)9(10)11/h3-5H,1-2H3,(H,10,11). The molecule has 0 heterocycles. The van der Waals surface area contributed by atoms with Crippen molar-refractivity contribution in [1.82, 2.24) is 0 Å². The third-order valence-electron chi connectivity index (χ3n) is 1.68. The second kappa shape index (κ2) is 3.70. The lowest BCUT2D eigenvalue weighted by atomic mass is 10.1. The number of carbonyl (C=O) groups is 1. The molecule has 0 amide bonds. The second-order valence-corrected chi connectivity index (χ2v) is 4.11. The molecule has 0 aliphatic carbocycles. The van der Waals surface area contributed by atoms with Gasteiger partial charge in [0.15, 0.2) is 0 Å². The number of hydrogen-bond donors (Lipinski definition) is 1. The van der Waals surface area contributed by atoms with Crippen LogP contribution in [0.2, 0.25) is 0 Å². The normalized spacial score (nSPS) is 12.5. The van der Waals surface area contributed by atoms with Crippen LogP contribution in [0, 0.1) is 6.92 Å². The van der Waals surface area contributed by atoms with E-state index in [-0.39, 0.29) is 5.56 Å². The van der Waals surface area contributed by atoms with Crippen molar-refractivity contribution in [3.63, 3.8) is 0 Å². The van der Waals surface area contributed by atoms with Gasteiger partial charge in [-0.15, -0.1) is 0 Å². The molecule has 0 aliphatic rings. The van der Waals surface area contributed by atoms with E-state index in [1.54, 1.807) is 19.1 Å². The Hall–Kier alpha value is -1.16. The lowest BCUT2D eigenvalue weighted by Crippen LogP contribution is -2.03. The van der Waals surface area contributed by atoms with E-state index in [9.17, 15) is 9.00 Å². The molecule has 1 rings (SSSR count). The fourth-order valence-corrected chi connectivity index (χ4v) is 1.78. The SMILES string of the molecule is Cc1ccc(S(C)=O)c(C(=O)O)c1. The molecule has 1 aromatic rings. The highest BCUT2D eigenvalue weighted by molar-refractivity contribution is 7.84. The summed E-state index contributed by atoms with van der Waals surface area (Å²) in [5, 5.41) is 8.80. The molecule has 4 heteroatoms. The van der Waals surface area contributed by atoms with Crippen LogP contribution in [-0.4, -0.2) is 21.5 Å². The minimum Gasteiger partial charge on any atom is -0.478 e. The van der Waals surface area contributed by atoms with Crippen molar-refractivity contribution in [1.29, 1.82) is 0 Å². The van der Waals surface area contributed by atoms with Crippen LogP contribution < -0.4 is 0 Å². The number of carboxylic acids is 1. The molecule has 0 spiro atoms. The fraction of sp³-hybridized carbons (Fsp3) is 0.222. The van der Waals surface area contributed by atoms with Gasteiger partial charge >= 0.3 is 5.97 Å². The summed E-state index contributed by atoms with van der Waals surface area (Å²) in [5.74, 6) is -1.03. The Kier molecular flexibility index (Phi) is 2.83. The third-order valence-corrected chi connectivity index (χ3v) is 2.65. The maximum Gasteiger partial charge on any atom is 0.336 e. The molecule has 0 radical (unpaired) electrons. The van der Waals surface area contributed by atoms with Crippen molar-refractivity contribution in [2.24, 2.45) is 0 Å². The molecular formula is C9H10O3S. The van der Waals surface area contributed by atoms with Gasteiger partial charge in [0, 0.05) is 6.26 Å². The molecule has 1 N–H and O–H groups in total. The number of benzene rings is 1. The van der Waals surface area contributed by atoms with Crippen LogP contribution in [0.25, 0.3) is 0 Å². The first-order valence-corrected chi connectivity index (χ1v) is 5.25.